The molecular formula is C26H18ClFN10O3. The van der Waals surface area contributed by atoms with Gasteiger partial charge in [0.2, 0.25) is 5.69 Å². The third-order valence-electron chi connectivity index (χ3n) is 6.61. The van der Waals surface area contributed by atoms with Gasteiger partial charge in [-0.15, -0.1) is 5.10 Å². The highest BCUT2D eigenvalue weighted by Gasteiger charge is 2.32. The van der Waals surface area contributed by atoms with Crippen LogP contribution in [-0.2, 0) is 4.74 Å². The van der Waals surface area contributed by atoms with E-state index in [2.05, 4.69) is 25.6 Å². The molecule has 15 heteroatoms. The number of carbonyl (C=O) groups excluding carboxylic acids is 1. The first kappa shape index (κ1) is 25.8. The molecule has 0 bridgehead atoms. The zero-order valence-corrected chi connectivity index (χ0v) is 21.8. The number of hydrogen-bond acceptors (Lipinski definition) is 9. The van der Waals surface area contributed by atoms with Crippen molar-refractivity contribution in [1.82, 2.24) is 39.9 Å². The highest BCUT2D eigenvalue weighted by Crippen LogP contribution is 2.33. The molecule has 6 rings (SSSR count). The summed E-state index contributed by atoms with van der Waals surface area (Å²) < 4.78 is 23.8. The maximum atomic E-state index is 15.3. The summed E-state index contributed by atoms with van der Waals surface area (Å²) >= 11 is 6.08. The Labute approximate surface area is 236 Å². The van der Waals surface area contributed by atoms with Crippen LogP contribution in [0.4, 0.5) is 9.18 Å². The Kier molecular flexibility index (Phi) is 6.70. The molecule has 1 amide bonds. The van der Waals surface area contributed by atoms with Crippen molar-refractivity contribution in [3.63, 3.8) is 0 Å². The minimum absolute atomic E-state index is 0.0352. The fourth-order valence-electron chi connectivity index (χ4n) is 4.62. The molecule has 0 saturated carbocycles. The molecule has 1 fully saturated rings. The Hall–Kier alpha value is -5.42. The summed E-state index contributed by atoms with van der Waals surface area (Å²) in [6.45, 7) is 0.663. The normalized spacial score (nSPS) is 13.7. The molecule has 1 aliphatic rings. The molecule has 0 unspecified atom stereocenters. The second-order valence-electron chi connectivity index (χ2n) is 9.01. The Bertz CT molecular complexity index is 1800. The van der Waals surface area contributed by atoms with Crippen molar-refractivity contribution in [2.75, 3.05) is 19.7 Å². The molecule has 0 N–H and O–H groups in total. The fourth-order valence-corrected chi connectivity index (χ4v) is 4.78. The van der Waals surface area contributed by atoms with Crippen LogP contribution in [0, 0.1) is 22.4 Å². The third kappa shape index (κ3) is 4.90. The number of cyclic esters (lactones) is 1. The number of rotatable bonds is 7. The topological polar surface area (TPSA) is 155 Å². The van der Waals surface area contributed by atoms with Crippen LogP contribution in [0.2, 0.25) is 5.02 Å². The summed E-state index contributed by atoms with van der Waals surface area (Å²) in [6, 6.07) is 10.7. The van der Waals surface area contributed by atoms with Gasteiger partial charge in [0.15, 0.2) is 18.1 Å². The van der Waals surface area contributed by atoms with Crippen LogP contribution in [0.3, 0.4) is 0 Å². The molecule has 5 aromatic rings. The standard InChI is InChI=1S/C26H18ClFN10O3/c27-20-2-4-22(37-15-31-33-34-37)24(25(20)28)17-1-3-21(38(40)13-17)23(14-35-7-8-41-26(35)39)36-12-18(11-32-36)16-5-6-30-19(9-16)10-29/h1-6,9,11-13,15,23H,7-8,14H2/t23-/m0/s1. The van der Waals surface area contributed by atoms with E-state index in [1.54, 1.807) is 47.4 Å². The van der Waals surface area contributed by atoms with Crippen molar-refractivity contribution < 1.29 is 18.7 Å². The zero-order valence-electron chi connectivity index (χ0n) is 21.0. The van der Waals surface area contributed by atoms with Gasteiger partial charge in [0.25, 0.3) is 0 Å². The molecule has 0 radical (unpaired) electrons. The number of halogens is 2. The molecule has 5 heterocycles. The molecule has 13 nitrogen and oxygen atoms in total. The lowest BCUT2D eigenvalue weighted by atomic mass is 10.0. The van der Waals surface area contributed by atoms with Crippen LogP contribution in [0.1, 0.15) is 17.4 Å². The Morgan fingerprint density at radius 1 is 1.22 bits per heavy atom. The van der Waals surface area contributed by atoms with Crippen molar-refractivity contribution in [2.45, 2.75) is 6.04 Å². The fraction of sp³-hybridized carbons (Fsp3) is 0.154. The van der Waals surface area contributed by atoms with Gasteiger partial charge in [-0.3, -0.25) is 4.68 Å². The Balaban J connectivity index is 1.42. The van der Waals surface area contributed by atoms with Crippen molar-refractivity contribution in [3.05, 3.63) is 94.9 Å². The monoisotopic (exact) mass is 572 g/mol. The lowest BCUT2D eigenvalue weighted by Gasteiger charge is -2.22. The van der Waals surface area contributed by atoms with Crippen LogP contribution in [0.15, 0.2) is 67.5 Å². The Morgan fingerprint density at radius 2 is 2.10 bits per heavy atom. The number of aromatic nitrogens is 8. The first-order chi connectivity index (χ1) is 19.9. The maximum Gasteiger partial charge on any atom is 0.410 e. The number of carbonyl (C=O) groups is 1. The van der Waals surface area contributed by atoms with E-state index in [0.717, 1.165) is 0 Å². The lowest BCUT2D eigenvalue weighted by molar-refractivity contribution is -0.615. The van der Waals surface area contributed by atoms with Crippen LogP contribution in [0.25, 0.3) is 27.9 Å². The van der Waals surface area contributed by atoms with E-state index in [1.165, 1.54) is 34.4 Å². The molecule has 0 spiro atoms. The number of nitriles is 1. The quantitative estimate of drug-likeness (QED) is 0.211. The number of hydrogen-bond donors (Lipinski definition) is 0. The average molecular weight is 573 g/mol. The number of amides is 1. The SMILES string of the molecule is N#Cc1cc(-c2cnn([C@@H](CN3CCOC3=O)c3ccc(-c4c(-n5cnnn5)ccc(Cl)c4F)c[n+]3[O-])c2)ccn1. The summed E-state index contributed by atoms with van der Waals surface area (Å²) in [5.74, 6) is -0.741. The number of nitrogens with zero attached hydrogens (tertiary/aromatic N) is 10. The van der Waals surface area contributed by atoms with E-state index in [-0.39, 0.29) is 46.4 Å². The van der Waals surface area contributed by atoms with E-state index in [1.807, 2.05) is 6.07 Å². The first-order valence-electron chi connectivity index (χ1n) is 12.2. The van der Waals surface area contributed by atoms with Gasteiger partial charge in [-0.25, -0.2) is 14.2 Å². The van der Waals surface area contributed by atoms with Gasteiger partial charge in [0.05, 0.1) is 41.1 Å². The number of ether oxygens (including phenoxy) is 1. The Morgan fingerprint density at radius 3 is 2.83 bits per heavy atom. The highest BCUT2D eigenvalue weighted by molar-refractivity contribution is 6.31. The lowest BCUT2D eigenvalue weighted by Crippen LogP contribution is -2.40. The summed E-state index contributed by atoms with van der Waals surface area (Å²) in [6.07, 6.45) is 6.84. The van der Waals surface area contributed by atoms with Gasteiger partial charge in [-0.05, 0) is 46.3 Å². The van der Waals surface area contributed by atoms with E-state index in [9.17, 15) is 15.3 Å². The number of pyridine rings is 2. The van der Waals surface area contributed by atoms with E-state index < -0.39 is 18.0 Å². The van der Waals surface area contributed by atoms with Gasteiger partial charge >= 0.3 is 6.09 Å². The summed E-state index contributed by atoms with van der Waals surface area (Å²) in [5, 5.41) is 38.1. The van der Waals surface area contributed by atoms with Gasteiger partial charge in [0, 0.05) is 24.0 Å². The van der Waals surface area contributed by atoms with Crippen LogP contribution in [0.5, 0.6) is 0 Å². The van der Waals surface area contributed by atoms with Gasteiger partial charge in [-0.2, -0.15) is 19.8 Å². The predicted molar refractivity (Wildman–Crippen MR) is 140 cm³/mol. The highest BCUT2D eigenvalue weighted by atomic mass is 35.5. The largest absolute Gasteiger partial charge is 0.618 e. The molecule has 4 aromatic heterocycles. The average Bonchev–Trinajstić information content (AvgIpc) is 3.76. The van der Waals surface area contributed by atoms with Crippen molar-refractivity contribution in [1.29, 1.82) is 5.26 Å². The van der Waals surface area contributed by atoms with Crippen molar-refractivity contribution >= 4 is 17.7 Å². The van der Waals surface area contributed by atoms with Crippen molar-refractivity contribution in [3.8, 4) is 34.0 Å². The van der Waals surface area contributed by atoms with E-state index in [4.69, 9.17) is 16.3 Å². The summed E-state index contributed by atoms with van der Waals surface area (Å²) in [7, 11) is 0. The number of tetrazole rings is 1. The smallest absolute Gasteiger partial charge is 0.410 e. The van der Waals surface area contributed by atoms with Crippen LogP contribution >= 0.6 is 11.6 Å². The maximum absolute atomic E-state index is 15.3. The van der Waals surface area contributed by atoms with E-state index >= 15 is 4.39 Å². The van der Waals surface area contributed by atoms with Crippen molar-refractivity contribution in [2.24, 2.45) is 0 Å². The molecule has 1 aliphatic heterocycles. The summed E-state index contributed by atoms with van der Waals surface area (Å²) in [5.41, 5.74) is 2.42. The molecule has 1 aromatic carbocycles. The van der Waals surface area contributed by atoms with Gasteiger partial charge in [0.1, 0.15) is 24.7 Å². The second-order valence-corrected chi connectivity index (χ2v) is 9.41. The molecule has 204 valence electrons. The number of benzene rings is 1. The second kappa shape index (κ2) is 10.6. The summed E-state index contributed by atoms with van der Waals surface area (Å²) in [4.78, 5) is 17.8. The van der Waals surface area contributed by atoms with Gasteiger partial charge < -0.3 is 14.8 Å². The third-order valence-corrected chi connectivity index (χ3v) is 6.90. The van der Waals surface area contributed by atoms with Crippen LogP contribution in [-0.4, -0.2) is 65.7 Å². The van der Waals surface area contributed by atoms with E-state index in [0.29, 0.717) is 22.4 Å². The molecular weight excluding hydrogens is 555 g/mol. The zero-order chi connectivity index (χ0) is 28.5. The predicted octanol–water partition coefficient (Wildman–Crippen LogP) is 2.93. The minimum Gasteiger partial charge on any atom is -0.618 e. The van der Waals surface area contributed by atoms with Gasteiger partial charge in [-0.1, -0.05) is 11.6 Å². The molecule has 1 saturated heterocycles. The van der Waals surface area contributed by atoms with Crippen LogP contribution < -0.4 is 4.73 Å². The molecule has 0 aliphatic carbocycles. The first-order valence-corrected chi connectivity index (χ1v) is 12.6. The molecule has 41 heavy (non-hydrogen) atoms. The minimum atomic E-state index is -0.741. The molecule has 1 atom stereocenters.